The minimum atomic E-state index is -1.26. The molecule has 4 N–H and O–H groups in total. The number of nitrogens with two attached hydrogens (primary N) is 1. The summed E-state index contributed by atoms with van der Waals surface area (Å²) < 4.78 is 19.0. The molecule has 7 nitrogen and oxygen atoms in total. The van der Waals surface area contributed by atoms with E-state index in [1.54, 1.807) is 12.1 Å². The van der Waals surface area contributed by atoms with Gasteiger partial charge in [-0.1, -0.05) is 29.4 Å². The molecule has 1 aromatic heterocycles. The van der Waals surface area contributed by atoms with E-state index in [4.69, 9.17) is 20.5 Å². The van der Waals surface area contributed by atoms with Crippen molar-refractivity contribution >= 4 is 22.9 Å². The van der Waals surface area contributed by atoms with E-state index in [1.807, 2.05) is 24.3 Å². The normalized spacial score (nSPS) is 11.7. The lowest BCUT2D eigenvalue weighted by atomic mass is 9.95. The molecule has 3 rings (SSSR count). The SMILES string of the molecule is C=CC[C@@H](N)c1ccc(F)cc1-c1noc2ccccc12.O=C(O)/C=C/C(=O)O. The van der Waals surface area contributed by atoms with Gasteiger partial charge in [0.05, 0.1) is 0 Å². The number of halogens is 1. The third-order valence-corrected chi connectivity index (χ3v) is 3.84. The van der Waals surface area contributed by atoms with Crippen LogP contribution in [0.15, 0.2) is 71.8 Å². The van der Waals surface area contributed by atoms with Crippen molar-refractivity contribution in [1.82, 2.24) is 5.16 Å². The first-order chi connectivity index (χ1) is 13.8. The average Bonchev–Trinajstić information content (AvgIpc) is 3.11. The van der Waals surface area contributed by atoms with Crippen molar-refractivity contribution in [3.05, 3.63) is 78.7 Å². The van der Waals surface area contributed by atoms with E-state index < -0.39 is 11.9 Å². The summed E-state index contributed by atoms with van der Waals surface area (Å²) >= 11 is 0. The van der Waals surface area contributed by atoms with Gasteiger partial charge < -0.3 is 20.5 Å². The topological polar surface area (TPSA) is 127 Å². The number of benzene rings is 2. The minimum Gasteiger partial charge on any atom is -0.478 e. The molecule has 8 heteroatoms. The second kappa shape index (κ2) is 9.95. The van der Waals surface area contributed by atoms with E-state index in [9.17, 15) is 14.0 Å². The van der Waals surface area contributed by atoms with Crippen LogP contribution in [0.1, 0.15) is 18.0 Å². The predicted molar refractivity (Wildman–Crippen MR) is 106 cm³/mol. The molecule has 0 aliphatic rings. The van der Waals surface area contributed by atoms with Crippen LogP contribution in [-0.4, -0.2) is 27.3 Å². The summed E-state index contributed by atoms with van der Waals surface area (Å²) in [6, 6.07) is 11.8. The standard InChI is InChI=1S/C17H15FN2O.C4H4O4/c1-2-5-15(19)12-9-8-11(18)10-14(12)17-13-6-3-4-7-16(13)21-20-17;5-3(6)1-2-4(7)8/h2-4,6-10,15H,1,5,19H2;1-2H,(H,5,6)(H,7,8)/b;2-1+/t15-;/m1./s1. The first kappa shape index (κ1) is 21.5. The molecule has 2 aromatic carbocycles. The lowest BCUT2D eigenvalue weighted by Gasteiger charge is -2.14. The maximum atomic E-state index is 13.7. The van der Waals surface area contributed by atoms with Gasteiger partial charge in [0.25, 0.3) is 0 Å². The van der Waals surface area contributed by atoms with Crippen molar-refractivity contribution in [2.45, 2.75) is 12.5 Å². The number of fused-ring (bicyclic) bond motifs is 1. The largest absolute Gasteiger partial charge is 0.478 e. The highest BCUT2D eigenvalue weighted by Gasteiger charge is 2.17. The van der Waals surface area contributed by atoms with E-state index >= 15 is 0 Å². The maximum absolute atomic E-state index is 13.7. The van der Waals surface area contributed by atoms with E-state index in [-0.39, 0.29) is 11.9 Å². The average molecular weight is 398 g/mol. The molecule has 0 fully saturated rings. The Labute approximate surface area is 165 Å². The predicted octanol–water partition coefficient (Wildman–Crippen LogP) is 3.92. The van der Waals surface area contributed by atoms with Crippen LogP contribution in [0, 0.1) is 5.82 Å². The number of hydrogen-bond donors (Lipinski definition) is 3. The number of rotatable bonds is 6. The maximum Gasteiger partial charge on any atom is 0.328 e. The zero-order chi connectivity index (χ0) is 21.4. The minimum absolute atomic E-state index is 0.256. The Morgan fingerprint density at radius 2 is 1.83 bits per heavy atom. The smallest absolute Gasteiger partial charge is 0.328 e. The first-order valence-corrected chi connectivity index (χ1v) is 8.48. The Hall–Kier alpha value is -3.78. The van der Waals surface area contributed by atoms with Gasteiger partial charge in [-0.05, 0) is 36.2 Å². The van der Waals surface area contributed by atoms with E-state index in [2.05, 4.69) is 11.7 Å². The number of carboxylic acids is 2. The van der Waals surface area contributed by atoms with Crippen molar-refractivity contribution in [2.24, 2.45) is 5.73 Å². The number of aliphatic carboxylic acids is 2. The molecule has 0 unspecified atom stereocenters. The molecule has 0 bridgehead atoms. The summed E-state index contributed by atoms with van der Waals surface area (Å²) in [6.45, 7) is 3.70. The van der Waals surface area contributed by atoms with Crippen LogP contribution < -0.4 is 5.73 Å². The number of aromatic nitrogens is 1. The molecule has 1 atom stereocenters. The zero-order valence-corrected chi connectivity index (χ0v) is 15.3. The van der Waals surface area contributed by atoms with Gasteiger partial charge in [-0.2, -0.15) is 0 Å². The molecule has 3 aromatic rings. The van der Waals surface area contributed by atoms with Gasteiger partial charge in [0.1, 0.15) is 11.5 Å². The fraction of sp³-hybridized carbons (Fsp3) is 0.0952. The Morgan fingerprint density at radius 3 is 2.45 bits per heavy atom. The molecule has 150 valence electrons. The van der Waals surface area contributed by atoms with Crippen molar-refractivity contribution in [2.75, 3.05) is 0 Å². The van der Waals surface area contributed by atoms with E-state index in [0.717, 1.165) is 10.9 Å². The van der Waals surface area contributed by atoms with Gasteiger partial charge in [0.15, 0.2) is 5.58 Å². The molecule has 0 saturated heterocycles. The molecular formula is C21H19FN2O5. The van der Waals surface area contributed by atoms with Crippen molar-refractivity contribution < 1.29 is 28.7 Å². The van der Waals surface area contributed by atoms with Crippen LogP contribution in [0.2, 0.25) is 0 Å². The molecule has 0 aliphatic heterocycles. The Bertz CT molecular complexity index is 1040. The number of carbonyl (C=O) groups is 2. The number of carboxylic acid groups (broad SMARTS) is 2. The number of nitrogens with zero attached hydrogens (tertiary/aromatic N) is 1. The van der Waals surface area contributed by atoms with Gasteiger partial charge in [-0.3, -0.25) is 0 Å². The molecule has 0 amide bonds. The Balaban J connectivity index is 0.000000321. The first-order valence-electron chi connectivity index (χ1n) is 8.48. The van der Waals surface area contributed by atoms with Crippen molar-refractivity contribution in [1.29, 1.82) is 0 Å². The third-order valence-electron chi connectivity index (χ3n) is 3.84. The van der Waals surface area contributed by atoms with Crippen LogP contribution in [0.25, 0.3) is 22.2 Å². The highest BCUT2D eigenvalue weighted by molar-refractivity contribution is 5.92. The molecule has 0 radical (unpaired) electrons. The third kappa shape index (κ3) is 5.85. The van der Waals surface area contributed by atoms with E-state index in [1.165, 1.54) is 12.1 Å². The van der Waals surface area contributed by atoms with Crippen LogP contribution in [0.5, 0.6) is 0 Å². The highest BCUT2D eigenvalue weighted by atomic mass is 19.1. The van der Waals surface area contributed by atoms with Crippen LogP contribution in [-0.2, 0) is 9.59 Å². The monoisotopic (exact) mass is 398 g/mol. The summed E-state index contributed by atoms with van der Waals surface area (Å²) in [4.78, 5) is 19.1. The van der Waals surface area contributed by atoms with E-state index in [0.29, 0.717) is 35.4 Å². The van der Waals surface area contributed by atoms with Crippen molar-refractivity contribution in [3.63, 3.8) is 0 Å². The molecular weight excluding hydrogens is 379 g/mol. The summed E-state index contributed by atoms with van der Waals surface area (Å²) in [6.07, 6.45) is 3.47. The molecule has 0 aliphatic carbocycles. The van der Waals surface area contributed by atoms with Crippen LogP contribution >= 0.6 is 0 Å². The molecule has 1 heterocycles. The fourth-order valence-corrected chi connectivity index (χ4v) is 2.59. The second-order valence-electron chi connectivity index (χ2n) is 5.90. The second-order valence-corrected chi connectivity index (χ2v) is 5.90. The molecule has 0 saturated carbocycles. The van der Waals surface area contributed by atoms with Gasteiger partial charge in [0.2, 0.25) is 0 Å². The summed E-state index contributed by atoms with van der Waals surface area (Å²) in [5.74, 6) is -2.84. The lowest BCUT2D eigenvalue weighted by Crippen LogP contribution is -2.10. The zero-order valence-electron chi connectivity index (χ0n) is 15.3. The number of para-hydroxylation sites is 1. The molecule has 0 spiro atoms. The Morgan fingerprint density at radius 1 is 1.17 bits per heavy atom. The molecule has 29 heavy (non-hydrogen) atoms. The Kier molecular flexibility index (Phi) is 7.39. The van der Waals surface area contributed by atoms with Gasteiger partial charge >= 0.3 is 11.9 Å². The van der Waals surface area contributed by atoms with Crippen LogP contribution in [0.4, 0.5) is 4.39 Å². The quantitative estimate of drug-likeness (QED) is 0.424. The number of hydrogen-bond acceptors (Lipinski definition) is 5. The van der Waals surface area contributed by atoms with Crippen molar-refractivity contribution in [3.8, 4) is 11.3 Å². The summed E-state index contributed by atoms with van der Waals surface area (Å²) in [7, 11) is 0. The van der Waals surface area contributed by atoms with Gasteiger partial charge in [-0.25, -0.2) is 14.0 Å². The summed E-state index contributed by atoms with van der Waals surface area (Å²) in [5, 5.41) is 20.6. The lowest BCUT2D eigenvalue weighted by molar-refractivity contribution is -0.134. The van der Waals surface area contributed by atoms with Gasteiger partial charge in [-0.15, -0.1) is 6.58 Å². The summed E-state index contributed by atoms with van der Waals surface area (Å²) in [5.41, 5.74) is 8.92. The fourth-order valence-electron chi connectivity index (χ4n) is 2.59. The van der Waals surface area contributed by atoms with Crippen LogP contribution in [0.3, 0.4) is 0 Å². The van der Waals surface area contributed by atoms with Gasteiger partial charge in [0, 0.05) is 29.1 Å². The highest BCUT2D eigenvalue weighted by Crippen LogP contribution is 2.33.